The standard InChI is InChI=1S/C15H23NO4S/c1-11(2)20-15-12(5-4-6-14(15)19-3)9-16-13-7-8-21(17,18)10-13/h4-6,11,13,16H,7-10H2,1-3H3/t13-/m1/s1. The number of benzene rings is 1. The fraction of sp³-hybridized carbons (Fsp3) is 0.600. The minimum atomic E-state index is -2.86. The number of hydrogen-bond donors (Lipinski definition) is 1. The van der Waals surface area contributed by atoms with E-state index in [1.807, 2.05) is 32.0 Å². The van der Waals surface area contributed by atoms with Gasteiger partial charge in [-0.25, -0.2) is 8.42 Å². The molecular formula is C15H23NO4S. The second kappa shape index (κ2) is 6.66. The normalized spacial score (nSPS) is 20.7. The average Bonchev–Trinajstić information content (AvgIpc) is 2.76. The lowest BCUT2D eigenvalue weighted by molar-refractivity contribution is 0.227. The van der Waals surface area contributed by atoms with Crippen molar-refractivity contribution in [3.05, 3.63) is 23.8 Å². The second-order valence-electron chi connectivity index (χ2n) is 5.60. The topological polar surface area (TPSA) is 64.6 Å². The molecule has 0 radical (unpaired) electrons. The largest absolute Gasteiger partial charge is 0.493 e. The number of nitrogens with one attached hydrogen (secondary N) is 1. The molecule has 0 aromatic heterocycles. The zero-order valence-corrected chi connectivity index (χ0v) is 13.6. The molecule has 0 amide bonds. The number of ether oxygens (including phenoxy) is 2. The lowest BCUT2D eigenvalue weighted by Gasteiger charge is -2.19. The number of rotatable bonds is 6. The molecule has 1 aliphatic rings. The summed E-state index contributed by atoms with van der Waals surface area (Å²) >= 11 is 0. The summed E-state index contributed by atoms with van der Waals surface area (Å²) in [6, 6.07) is 5.76. The Kier molecular flexibility index (Phi) is 5.11. The predicted octanol–water partition coefficient (Wildman–Crippen LogP) is 1.76. The summed E-state index contributed by atoms with van der Waals surface area (Å²) in [5.41, 5.74) is 0.979. The monoisotopic (exact) mass is 313 g/mol. The summed E-state index contributed by atoms with van der Waals surface area (Å²) in [5.74, 6) is 1.92. The van der Waals surface area contributed by atoms with Crippen molar-refractivity contribution in [2.45, 2.75) is 39.0 Å². The van der Waals surface area contributed by atoms with E-state index in [0.717, 1.165) is 11.3 Å². The maximum absolute atomic E-state index is 11.5. The van der Waals surface area contributed by atoms with Gasteiger partial charge in [-0.2, -0.15) is 0 Å². The van der Waals surface area contributed by atoms with E-state index < -0.39 is 9.84 Å². The zero-order chi connectivity index (χ0) is 15.5. The van der Waals surface area contributed by atoms with Crippen LogP contribution in [0.3, 0.4) is 0 Å². The van der Waals surface area contributed by atoms with Crippen molar-refractivity contribution < 1.29 is 17.9 Å². The van der Waals surface area contributed by atoms with Gasteiger partial charge in [0.05, 0.1) is 24.7 Å². The van der Waals surface area contributed by atoms with E-state index in [0.29, 0.717) is 18.7 Å². The molecule has 1 aromatic rings. The Morgan fingerprint density at radius 1 is 1.38 bits per heavy atom. The summed E-state index contributed by atoms with van der Waals surface area (Å²) in [7, 11) is -1.25. The highest BCUT2D eigenvalue weighted by Gasteiger charge is 2.27. The summed E-state index contributed by atoms with van der Waals surface area (Å²) in [6.45, 7) is 4.50. The van der Waals surface area contributed by atoms with Crippen molar-refractivity contribution >= 4 is 9.84 Å². The van der Waals surface area contributed by atoms with Gasteiger partial charge in [-0.1, -0.05) is 12.1 Å². The lowest BCUT2D eigenvalue weighted by atomic mass is 10.1. The van der Waals surface area contributed by atoms with Crippen LogP contribution in [0.5, 0.6) is 11.5 Å². The molecule has 1 heterocycles. The van der Waals surface area contributed by atoms with E-state index in [-0.39, 0.29) is 23.7 Å². The van der Waals surface area contributed by atoms with Gasteiger partial charge in [-0.15, -0.1) is 0 Å². The first-order chi connectivity index (χ1) is 9.91. The van der Waals surface area contributed by atoms with Gasteiger partial charge in [0.2, 0.25) is 0 Å². The van der Waals surface area contributed by atoms with Crippen molar-refractivity contribution in [1.29, 1.82) is 0 Å². The average molecular weight is 313 g/mol. The van der Waals surface area contributed by atoms with E-state index in [1.165, 1.54) is 0 Å². The quantitative estimate of drug-likeness (QED) is 0.867. The van der Waals surface area contributed by atoms with Crippen molar-refractivity contribution in [2.75, 3.05) is 18.6 Å². The number of para-hydroxylation sites is 1. The van der Waals surface area contributed by atoms with Gasteiger partial charge in [-0.3, -0.25) is 0 Å². The van der Waals surface area contributed by atoms with E-state index in [2.05, 4.69) is 5.32 Å². The molecule has 21 heavy (non-hydrogen) atoms. The Labute approximate surface area is 126 Å². The molecule has 0 unspecified atom stereocenters. The number of methoxy groups -OCH3 is 1. The first-order valence-corrected chi connectivity index (χ1v) is 9.00. The third kappa shape index (κ3) is 4.35. The fourth-order valence-electron chi connectivity index (χ4n) is 2.44. The number of hydrogen-bond acceptors (Lipinski definition) is 5. The van der Waals surface area contributed by atoms with Gasteiger partial charge < -0.3 is 14.8 Å². The molecule has 0 bridgehead atoms. The fourth-order valence-corrected chi connectivity index (χ4v) is 4.15. The minimum absolute atomic E-state index is 0.0214. The van der Waals surface area contributed by atoms with Crippen molar-refractivity contribution in [2.24, 2.45) is 0 Å². The molecule has 1 atom stereocenters. The van der Waals surface area contributed by atoms with Crippen LogP contribution in [0.15, 0.2) is 18.2 Å². The third-order valence-corrected chi connectivity index (χ3v) is 5.22. The molecular weight excluding hydrogens is 290 g/mol. The maximum Gasteiger partial charge on any atom is 0.166 e. The van der Waals surface area contributed by atoms with Gasteiger partial charge in [0.25, 0.3) is 0 Å². The second-order valence-corrected chi connectivity index (χ2v) is 7.82. The summed E-state index contributed by atoms with van der Waals surface area (Å²) in [4.78, 5) is 0. The van der Waals surface area contributed by atoms with Gasteiger partial charge in [-0.05, 0) is 26.3 Å². The Bertz CT molecular complexity index is 583. The Morgan fingerprint density at radius 3 is 2.71 bits per heavy atom. The number of sulfone groups is 1. The molecule has 1 fully saturated rings. The summed E-state index contributed by atoms with van der Waals surface area (Å²) in [5, 5.41) is 3.30. The van der Waals surface area contributed by atoms with Crippen LogP contribution in [0.2, 0.25) is 0 Å². The molecule has 0 aliphatic carbocycles. The maximum atomic E-state index is 11.5. The van der Waals surface area contributed by atoms with Crippen LogP contribution in [0.25, 0.3) is 0 Å². The van der Waals surface area contributed by atoms with Gasteiger partial charge in [0.1, 0.15) is 0 Å². The van der Waals surface area contributed by atoms with E-state index in [4.69, 9.17) is 9.47 Å². The molecule has 1 aromatic carbocycles. The van der Waals surface area contributed by atoms with Gasteiger partial charge in [0.15, 0.2) is 21.3 Å². The molecule has 6 heteroatoms. The molecule has 1 aliphatic heterocycles. The minimum Gasteiger partial charge on any atom is -0.493 e. The molecule has 0 spiro atoms. The van der Waals surface area contributed by atoms with Crippen molar-refractivity contribution in [3.8, 4) is 11.5 Å². The molecule has 5 nitrogen and oxygen atoms in total. The SMILES string of the molecule is COc1cccc(CN[C@@H]2CCS(=O)(=O)C2)c1OC(C)C. The molecule has 1 N–H and O–H groups in total. The molecule has 1 saturated heterocycles. The van der Waals surface area contributed by atoms with Crippen LogP contribution in [0, 0.1) is 0 Å². The van der Waals surface area contributed by atoms with E-state index in [1.54, 1.807) is 7.11 Å². The molecule has 0 saturated carbocycles. The first-order valence-electron chi connectivity index (χ1n) is 7.17. The van der Waals surface area contributed by atoms with E-state index in [9.17, 15) is 8.42 Å². The zero-order valence-electron chi connectivity index (χ0n) is 12.8. The van der Waals surface area contributed by atoms with Crippen LogP contribution >= 0.6 is 0 Å². The predicted molar refractivity (Wildman–Crippen MR) is 82.7 cm³/mol. The first kappa shape index (κ1) is 16.1. The van der Waals surface area contributed by atoms with Crippen molar-refractivity contribution in [1.82, 2.24) is 5.32 Å². The van der Waals surface area contributed by atoms with Crippen LogP contribution in [0.1, 0.15) is 25.8 Å². The van der Waals surface area contributed by atoms with Crippen LogP contribution < -0.4 is 14.8 Å². The summed E-state index contributed by atoms with van der Waals surface area (Å²) < 4.78 is 34.1. The van der Waals surface area contributed by atoms with Crippen LogP contribution in [0.4, 0.5) is 0 Å². The highest BCUT2D eigenvalue weighted by Crippen LogP contribution is 2.32. The van der Waals surface area contributed by atoms with Crippen LogP contribution in [-0.4, -0.2) is 39.2 Å². The lowest BCUT2D eigenvalue weighted by Crippen LogP contribution is -2.29. The van der Waals surface area contributed by atoms with Gasteiger partial charge >= 0.3 is 0 Å². The van der Waals surface area contributed by atoms with Gasteiger partial charge in [0, 0.05) is 18.2 Å². The van der Waals surface area contributed by atoms with Crippen LogP contribution in [-0.2, 0) is 16.4 Å². The van der Waals surface area contributed by atoms with E-state index >= 15 is 0 Å². The Hall–Kier alpha value is -1.27. The van der Waals surface area contributed by atoms with Crippen molar-refractivity contribution in [3.63, 3.8) is 0 Å². The Balaban J connectivity index is 2.09. The summed E-state index contributed by atoms with van der Waals surface area (Å²) in [6.07, 6.45) is 0.721. The molecule has 118 valence electrons. The Morgan fingerprint density at radius 2 is 2.14 bits per heavy atom. The molecule has 2 rings (SSSR count). The third-order valence-electron chi connectivity index (χ3n) is 3.45. The highest BCUT2D eigenvalue weighted by molar-refractivity contribution is 7.91. The highest BCUT2D eigenvalue weighted by atomic mass is 32.2. The smallest absolute Gasteiger partial charge is 0.166 e.